The smallest absolute Gasteiger partial charge is 0.241 e. The topological polar surface area (TPSA) is 109 Å². The summed E-state index contributed by atoms with van der Waals surface area (Å²) in [5.41, 5.74) is 0.749. The third-order valence-electron chi connectivity index (χ3n) is 4.45. The zero-order valence-electron chi connectivity index (χ0n) is 17.3. The van der Waals surface area contributed by atoms with Crippen molar-refractivity contribution in [2.24, 2.45) is 0 Å². The van der Waals surface area contributed by atoms with Gasteiger partial charge in [-0.2, -0.15) is 0 Å². The maximum atomic E-state index is 13.0. The first-order valence-electron chi connectivity index (χ1n) is 9.77. The maximum absolute atomic E-state index is 13.0. The second-order valence-corrected chi connectivity index (χ2v) is 8.82. The van der Waals surface area contributed by atoms with Crippen molar-refractivity contribution in [3.05, 3.63) is 89.9 Å². The lowest BCUT2D eigenvalue weighted by atomic mass is 10.2. The fourth-order valence-corrected chi connectivity index (χ4v) is 3.92. The molecule has 0 atom stereocenters. The minimum Gasteiger partial charge on any atom is -0.467 e. The zero-order chi connectivity index (χ0) is 23.8. The van der Waals surface area contributed by atoms with E-state index in [1.54, 1.807) is 12.1 Å². The summed E-state index contributed by atoms with van der Waals surface area (Å²) in [7, 11) is -4.13. The number of nitrogens with zero attached hydrogens (tertiary/aromatic N) is 1. The number of hydrogen-bond acceptors (Lipinski definition) is 5. The number of nitrogens with one attached hydrogen (secondary N) is 2. The number of benzene rings is 2. The summed E-state index contributed by atoms with van der Waals surface area (Å²) < 4.78 is 58.3. The largest absolute Gasteiger partial charge is 0.467 e. The third kappa shape index (κ3) is 7.72. The van der Waals surface area contributed by atoms with Gasteiger partial charge in [0, 0.05) is 12.2 Å². The van der Waals surface area contributed by atoms with Gasteiger partial charge in [-0.15, -0.1) is 0 Å². The number of rotatable bonds is 10. The van der Waals surface area contributed by atoms with Crippen molar-refractivity contribution >= 4 is 27.5 Å². The second-order valence-electron chi connectivity index (χ2n) is 7.10. The molecule has 0 bridgehead atoms. The van der Waals surface area contributed by atoms with E-state index in [0.29, 0.717) is 11.3 Å². The molecular weight excluding hydrogens is 456 g/mol. The summed E-state index contributed by atoms with van der Waals surface area (Å²) in [6, 6.07) is 13.3. The lowest BCUT2D eigenvalue weighted by Crippen LogP contribution is -2.43. The summed E-state index contributed by atoms with van der Waals surface area (Å²) >= 11 is 0. The van der Waals surface area contributed by atoms with Crippen LogP contribution >= 0.6 is 0 Å². The molecule has 2 N–H and O–H groups in total. The Morgan fingerprint density at radius 1 is 0.939 bits per heavy atom. The summed E-state index contributed by atoms with van der Waals surface area (Å²) in [6.07, 6.45) is 1.39. The van der Waals surface area contributed by atoms with Gasteiger partial charge in [-0.05, 0) is 54.1 Å². The summed E-state index contributed by atoms with van der Waals surface area (Å²) in [5, 5.41) is 2.60. The Morgan fingerprint density at radius 3 is 2.18 bits per heavy atom. The molecule has 3 rings (SSSR count). The number of halogens is 2. The summed E-state index contributed by atoms with van der Waals surface area (Å²) in [5.74, 6) is -2.89. The second kappa shape index (κ2) is 10.7. The highest BCUT2D eigenvalue weighted by molar-refractivity contribution is 7.93. The molecule has 0 fully saturated rings. The average molecular weight is 477 g/mol. The van der Waals surface area contributed by atoms with Crippen molar-refractivity contribution in [3.8, 4) is 0 Å². The summed E-state index contributed by atoms with van der Waals surface area (Å²) in [6.45, 7) is -0.443. The van der Waals surface area contributed by atoms with Crippen LogP contribution < -0.4 is 10.0 Å². The first-order valence-corrected chi connectivity index (χ1v) is 11.4. The third-order valence-corrected chi connectivity index (χ3v) is 5.62. The lowest BCUT2D eigenvalue weighted by Gasteiger charge is -2.21. The minimum absolute atomic E-state index is 0.0961. The highest BCUT2D eigenvalue weighted by atomic mass is 32.2. The van der Waals surface area contributed by atoms with E-state index in [1.165, 1.54) is 42.7 Å². The van der Waals surface area contributed by atoms with E-state index in [0.717, 1.165) is 17.0 Å². The first kappa shape index (κ1) is 23.9. The molecule has 33 heavy (non-hydrogen) atoms. The van der Waals surface area contributed by atoms with Gasteiger partial charge in [-0.25, -0.2) is 17.2 Å². The van der Waals surface area contributed by atoms with Crippen LogP contribution in [-0.2, 0) is 32.7 Å². The van der Waals surface area contributed by atoms with Crippen molar-refractivity contribution in [3.63, 3.8) is 0 Å². The predicted molar refractivity (Wildman–Crippen MR) is 116 cm³/mol. The quantitative estimate of drug-likeness (QED) is 0.467. The number of furan rings is 1. The van der Waals surface area contributed by atoms with Crippen molar-refractivity contribution in [2.75, 3.05) is 17.0 Å². The molecule has 0 unspecified atom stereocenters. The highest BCUT2D eigenvalue weighted by Gasteiger charge is 2.24. The zero-order valence-corrected chi connectivity index (χ0v) is 18.1. The lowest BCUT2D eigenvalue weighted by molar-refractivity contribution is -0.134. The SMILES string of the molecule is O=C(CN(Cc1ccco1)C(=O)CS(=O)(=O)Nc1ccc(F)cc1)NCc1ccc(F)cc1. The molecule has 0 saturated carbocycles. The summed E-state index contributed by atoms with van der Waals surface area (Å²) in [4.78, 5) is 26.2. The number of carbonyl (C=O) groups excluding carboxylic acids is 2. The Hall–Kier alpha value is -3.73. The Bertz CT molecular complexity index is 1180. The van der Waals surface area contributed by atoms with Crippen molar-refractivity contribution in [2.45, 2.75) is 13.1 Å². The van der Waals surface area contributed by atoms with Gasteiger partial charge in [-0.1, -0.05) is 12.1 Å². The van der Waals surface area contributed by atoms with Crippen LogP contribution in [0.1, 0.15) is 11.3 Å². The molecule has 1 aromatic heterocycles. The molecular formula is C22H21F2N3O5S. The molecule has 1 heterocycles. The van der Waals surface area contributed by atoms with Crippen LogP contribution in [0.2, 0.25) is 0 Å². The fourth-order valence-electron chi connectivity index (χ4n) is 2.84. The van der Waals surface area contributed by atoms with E-state index >= 15 is 0 Å². The van der Waals surface area contributed by atoms with Gasteiger partial charge >= 0.3 is 0 Å². The number of hydrogen-bond donors (Lipinski definition) is 2. The van der Waals surface area contributed by atoms with Gasteiger partial charge < -0.3 is 14.6 Å². The molecule has 174 valence electrons. The molecule has 2 amide bonds. The highest BCUT2D eigenvalue weighted by Crippen LogP contribution is 2.12. The van der Waals surface area contributed by atoms with Crippen LogP contribution in [0, 0.1) is 11.6 Å². The van der Waals surface area contributed by atoms with E-state index in [9.17, 15) is 26.8 Å². The van der Waals surface area contributed by atoms with E-state index in [2.05, 4.69) is 10.0 Å². The molecule has 8 nitrogen and oxygen atoms in total. The van der Waals surface area contributed by atoms with Crippen molar-refractivity contribution in [1.82, 2.24) is 10.2 Å². The van der Waals surface area contributed by atoms with Crippen molar-refractivity contribution < 1.29 is 31.2 Å². The van der Waals surface area contributed by atoms with Gasteiger partial charge in [0.2, 0.25) is 21.8 Å². The molecule has 0 saturated heterocycles. The van der Waals surface area contributed by atoms with E-state index in [-0.39, 0.29) is 18.8 Å². The number of anilines is 1. The molecule has 0 aliphatic heterocycles. The van der Waals surface area contributed by atoms with Crippen LogP contribution in [0.3, 0.4) is 0 Å². The van der Waals surface area contributed by atoms with Crippen molar-refractivity contribution in [1.29, 1.82) is 0 Å². The molecule has 2 aromatic carbocycles. The van der Waals surface area contributed by atoms with E-state index in [4.69, 9.17) is 4.42 Å². The standard InChI is InChI=1S/C22H21F2N3O5S/c23-17-5-3-16(4-6-17)12-25-21(28)14-27(13-20-2-1-11-32-20)22(29)15-33(30,31)26-19-9-7-18(24)8-10-19/h1-11,26H,12-15H2,(H,25,28). The van der Waals surface area contributed by atoms with Crippen LogP contribution in [-0.4, -0.2) is 37.4 Å². The molecule has 0 radical (unpaired) electrons. The molecule has 0 aliphatic rings. The normalized spacial score (nSPS) is 11.1. The average Bonchev–Trinajstić information content (AvgIpc) is 3.27. The Labute approximate surface area is 189 Å². The fraction of sp³-hybridized carbons (Fsp3) is 0.182. The van der Waals surface area contributed by atoms with Crippen LogP contribution in [0.5, 0.6) is 0 Å². The molecule has 3 aromatic rings. The molecule has 11 heteroatoms. The monoisotopic (exact) mass is 477 g/mol. The van der Waals surface area contributed by atoms with Crippen LogP contribution in [0.25, 0.3) is 0 Å². The van der Waals surface area contributed by atoms with Gasteiger partial charge in [0.1, 0.15) is 29.7 Å². The number of sulfonamides is 1. The Morgan fingerprint density at radius 2 is 1.58 bits per heavy atom. The molecule has 0 spiro atoms. The molecule has 0 aliphatic carbocycles. The Balaban J connectivity index is 1.64. The van der Waals surface area contributed by atoms with E-state index in [1.807, 2.05) is 0 Å². The van der Waals surface area contributed by atoms with Gasteiger partial charge in [0.05, 0.1) is 12.8 Å². The first-order chi connectivity index (χ1) is 15.7. The van der Waals surface area contributed by atoms with Crippen LogP contribution in [0.4, 0.5) is 14.5 Å². The minimum atomic E-state index is -4.13. The van der Waals surface area contributed by atoms with Crippen LogP contribution in [0.15, 0.2) is 71.3 Å². The Kier molecular flexibility index (Phi) is 7.78. The number of amides is 2. The maximum Gasteiger partial charge on any atom is 0.241 e. The van der Waals surface area contributed by atoms with E-state index < -0.39 is 45.8 Å². The van der Waals surface area contributed by atoms with Gasteiger partial charge in [0.25, 0.3) is 0 Å². The number of carbonyl (C=O) groups is 2. The predicted octanol–water partition coefficient (Wildman–Crippen LogP) is 2.64. The van der Waals surface area contributed by atoms with Gasteiger partial charge in [0.15, 0.2) is 0 Å². The van der Waals surface area contributed by atoms with Gasteiger partial charge in [-0.3, -0.25) is 14.3 Å².